The van der Waals surface area contributed by atoms with Gasteiger partial charge in [-0.25, -0.2) is 24.7 Å². The van der Waals surface area contributed by atoms with Gasteiger partial charge in [0, 0.05) is 38.4 Å². The lowest BCUT2D eigenvalue weighted by Gasteiger charge is -2.28. The Kier molecular flexibility index (Phi) is 9.12. The second-order valence-electron chi connectivity index (χ2n) is 9.99. The third-order valence-corrected chi connectivity index (χ3v) is 6.92. The van der Waals surface area contributed by atoms with E-state index in [1.54, 1.807) is 24.2 Å². The van der Waals surface area contributed by atoms with Gasteiger partial charge in [-0.3, -0.25) is 9.69 Å². The Bertz CT molecular complexity index is 1290. The number of nitrogen functional groups attached to an aromatic ring is 1. The van der Waals surface area contributed by atoms with Gasteiger partial charge in [0.2, 0.25) is 5.95 Å². The van der Waals surface area contributed by atoms with E-state index in [4.69, 9.17) is 29.9 Å². The smallest absolute Gasteiger partial charge is 0.415 e. The van der Waals surface area contributed by atoms with Gasteiger partial charge in [-0.1, -0.05) is 0 Å². The summed E-state index contributed by atoms with van der Waals surface area (Å²) < 4.78 is 17.2. The number of thiophene rings is 1. The highest BCUT2D eigenvalue weighted by Crippen LogP contribution is 2.39. The SMILES string of the molecule is CCOC(=O)CCCCN(C(=O)OC(C)(C)C)c1cc2nc(-c3cnc(N)nc3)nc(N3CCOCC3)c2s1. The number of fused-ring (bicyclic) bond motifs is 1. The molecule has 0 unspecified atom stereocenters. The second kappa shape index (κ2) is 12.5. The van der Waals surface area contributed by atoms with Gasteiger partial charge in [0.05, 0.1) is 35.6 Å². The highest BCUT2D eigenvalue weighted by atomic mass is 32.1. The van der Waals surface area contributed by atoms with Gasteiger partial charge in [0.15, 0.2) is 11.6 Å². The molecule has 0 aliphatic carbocycles. The number of nitrogens with zero attached hydrogens (tertiary/aromatic N) is 6. The molecule has 1 aliphatic rings. The van der Waals surface area contributed by atoms with E-state index in [-0.39, 0.29) is 11.9 Å². The van der Waals surface area contributed by atoms with E-state index >= 15 is 0 Å². The number of morpholine rings is 1. The van der Waals surface area contributed by atoms with Crippen LogP contribution in [0.15, 0.2) is 18.5 Å². The topological polar surface area (TPSA) is 146 Å². The summed E-state index contributed by atoms with van der Waals surface area (Å²) in [6.07, 6.45) is 4.21. The summed E-state index contributed by atoms with van der Waals surface area (Å²) in [6, 6.07) is 1.88. The lowest BCUT2D eigenvalue weighted by Crippen LogP contribution is -2.37. The van der Waals surface area contributed by atoms with Gasteiger partial charge in [0.1, 0.15) is 10.6 Å². The standard InChI is InChI=1S/C26H35N7O5S/c1-5-37-20(34)8-6-7-9-33(25(35)38-26(2,3)4)19-14-18-21(39-19)23(32-10-12-36-13-11-32)31-22(30-18)17-15-28-24(27)29-16-17/h14-16H,5-13H2,1-4H3,(H2,27,28,29). The molecule has 1 aliphatic heterocycles. The lowest BCUT2D eigenvalue weighted by atomic mass is 10.2. The average Bonchev–Trinajstić information content (AvgIpc) is 3.32. The van der Waals surface area contributed by atoms with Crippen LogP contribution in [-0.4, -0.2) is 77.1 Å². The Balaban J connectivity index is 1.70. The first-order chi connectivity index (χ1) is 18.6. The molecule has 210 valence electrons. The lowest BCUT2D eigenvalue weighted by molar-refractivity contribution is -0.143. The zero-order valence-corrected chi connectivity index (χ0v) is 23.6. The van der Waals surface area contributed by atoms with Crippen molar-refractivity contribution in [1.29, 1.82) is 0 Å². The van der Waals surface area contributed by atoms with Gasteiger partial charge >= 0.3 is 12.1 Å². The fraction of sp³-hybridized carbons (Fsp3) is 0.538. The van der Waals surface area contributed by atoms with Crippen LogP contribution in [0.25, 0.3) is 21.6 Å². The molecular formula is C26H35N7O5S. The van der Waals surface area contributed by atoms with Crippen LogP contribution in [-0.2, 0) is 19.0 Å². The Morgan fingerprint density at radius 3 is 2.54 bits per heavy atom. The maximum atomic E-state index is 13.3. The molecule has 3 aromatic heterocycles. The van der Waals surface area contributed by atoms with Crippen molar-refractivity contribution in [2.45, 2.75) is 52.6 Å². The van der Waals surface area contributed by atoms with Crippen LogP contribution in [0, 0.1) is 0 Å². The van der Waals surface area contributed by atoms with E-state index in [2.05, 4.69) is 14.9 Å². The number of esters is 1. The normalized spacial score (nSPS) is 13.9. The Hall–Kier alpha value is -3.58. The molecule has 2 N–H and O–H groups in total. The monoisotopic (exact) mass is 557 g/mol. The summed E-state index contributed by atoms with van der Waals surface area (Å²) >= 11 is 1.43. The van der Waals surface area contributed by atoms with Crippen LogP contribution in [0.1, 0.15) is 47.0 Å². The number of nitrogens with two attached hydrogens (primary N) is 1. The van der Waals surface area contributed by atoms with Crippen molar-refractivity contribution in [1.82, 2.24) is 19.9 Å². The van der Waals surface area contributed by atoms with Crippen LogP contribution < -0.4 is 15.5 Å². The van der Waals surface area contributed by atoms with Crippen molar-refractivity contribution in [3.05, 3.63) is 18.5 Å². The number of anilines is 3. The van der Waals surface area contributed by atoms with Crippen molar-refractivity contribution >= 4 is 50.4 Å². The highest BCUT2D eigenvalue weighted by Gasteiger charge is 2.27. The number of unbranched alkanes of at least 4 members (excludes halogenated alkanes) is 1. The minimum atomic E-state index is -0.669. The minimum absolute atomic E-state index is 0.169. The predicted octanol–water partition coefficient (Wildman–Crippen LogP) is 4.04. The maximum absolute atomic E-state index is 13.3. The van der Waals surface area contributed by atoms with Gasteiger partial charge in [-0.05, 0) is 46.6 Å². The summed E-state index contributed by atoms with van der Waals surface area (Å²) in [5, 5.41) is 0.685. The van der Waals surface area contributed by atoms with E-state index < -0.39 is 11.7 Å². The third-order valence-electron chi connectivity index (χ3n) is 5.78. The first kappa shape index (κ1) is 28.4. The fourth-order valence-electron chi connectivity index (χ4n) is 3.99. The number of carbonyl (C=O) groups is 2. The minimum Gasteiger partial charge on any atom is -0.466 e. The number of hydrogen-bond donors (Lipinski definition) is 1. The molecule has 0 radical (unpaired) electrons. The molecule has 1 fully saturated rings. The summed E-state index contributed by atoms with van der Waals surface area (Å²) in [4.78, 5) is 46.7. The van der Waals surface area contributed by atoms with Crippen LogP contribution in [0.3, 0.4) is 0 Å². The molecule has 13 heteroatoms. The van der Waals surface area contributed by atoms with E-state index in [9.17, 15) is 9.59 Å². The van der Waals surface area contributed by atoms with E-state index in [0.29, 0.717) is 80.6 Å². The summed E-state index contributed by atoms with van der Waals surface area (Å²) in [6.45, 7) is 10.5. The number of carbonyl (C=O) groups excluding carboxylic acids is 2. The number of hydrogen-bond acceptors (Lipinski definition) is 12. The number of rotatable bonds is 9. The molecule has 3 aromatic rings. The molecule has 0 saturated carbocycles. The molecule has 1 amide bonds. The molecule has 0 spiro atoms. The van der Waals surface area contributed by atoms with Crippen molar-refractivity contribution in [3.8, 4) is 11.4 Å². The Morgan fingerprint density at radius 1 is 1.15 bits per heavy atom. The first-order valence-electron chi connectivity index (χ1n) is 13.0. The number of aromatic nitrogens is 4. The molecule has 0 aromatic carbocycles. The second-order valence-corrected chi connectivity index (χ2v) is 11.0. The van der Waals surface area contributed by atoms with Crippen LogP contribution in [0.4, 0.5) is 21.6 Å². The van der Waals surface area contributed by atoms with E-state index in [1.165, 1.54) is 11.3 Å². The van der Waals surface area contributed by atoms with E-state index in [0.717, 1.165) is 10.5 Å². The van der Waals surface area contributed by atoms with E-state index in [1.807, 2.05) is 26.8 Å². The molecule has 0 bridgehead atoms. The van der Waals surface area contributed by atoms with Crippen molar-refractivity contribution in [2.24, 2.45) is 0 Å². The number of ether oxygens (including phenoxy) is 3. The Morgan fingerprint density at radius 2 is 1.87 bits per heavy atom. The van der Waals surface area contributed by atoms with Gasteiger partial charge in [-0.2, -0.15) is 0 Å². The van der Waals surface area contributed by atoms with Gasteiger partial charge < -0.3 is 24.8 Å². The zero-order chi connectivity index (χ0) is 28.0. The molecule has 39 heavy (non-hydrogen) atoms. The molecule has 1 saturated heterocycles. The van der Waals surface area contributed by atoms with Gasteiger partial charge in [-0.15, -0.1) is 11.3 Å². The molecule has 12 nitrogen and oxygen atoms in total. The third kappa shape index (κ3) is 7.51. The zero-order valence-electron chi connectivity index (χ0n) is 22.8. The predicted molar refractivity (Wildman–Crippen MR) is 150 cm³/mol. The average molecular weight is 558 g/mol. The van der Waals surface area contributed by atoms with Gasteiger partial charge in [0.25, 0.3) is 0 Å². The van der Waals surface area contributed by atoms with Crippen LogP contribution in [0.5, 0.6) is 0 Å². The number of amides is 1. The van der Waals surface area contributed by atoms with Crippen molar-refractivity contribution in [3.63, 3.8) is 0 Å². The molecule has 4 rings (SSSR count). The van der Waals surface area contributed by atoms with Crippen LogP contribution >= 0.6 is 11.3 Å². The first-order valence-corrected chi connectivity index (χ1v) is 13.8. The molecular weight excluding hydrogens is 522 g/mol. The maximum Gasteiger partial charge on any atom is 0.415 e. The van der Waals surface area contributed by atoms with Crippen molar-refractivity contribution in [2.75, 3.05) is 55.0 Å². The summed E-state index contributed by atoms with van der Waals surface area (Å²) in [5.41, 5.74) is 6.33. The Labute approximate surface area is 231 Å². The molecule has 0 atom stereocenters. The largest absolute Gasteiger partial charge is 0.466 e. The quantitative estimate of drug-likeness (QED) is 0.300. The van der Waals surface area contributed by atoms with Crippen molar-refractivity contribution < 1.29 is 23.8 Å². The van der Waals surface area contributed by atoms with Crippen LogP contribution in [0.2, 0.25) is 0 Å². The molecule has 4 heterocycles. The summed E-state index contributed by atoms with van der Waals surface area (Å²) in [7, 11) is 0. The fourth-order valence-corrected chi connectivity index (χ4v) is 5.12. The summed E-state index contributed by atoms with van der Waals surface area (Å²) in [5.74, 6) is 1.15. The highest BCUT2D eigenvalue weighted by molar-refractivity contribution is 7.23.